The fourth-order valence-electron chi connectivity index (χ4n) is 2.06. The summed E-state index contributed by atoms with van der Waals surface area (Å²) in [7, 11) is -1.86. The van der Waals surface area contributed by atoms with Crippen molar-refractivity contribution in [1.82, 2.24) is 13.9 Å². The van der Waals surface area contributed by atoms with Gasteiger partial charge >= 0.3 is 0 Å². The van der Waals surface area contributed by atoms with Crippen molar-refractivity contribution in [3.63, 3.8) is 0 Å². The first-order chi connectivity index (χ1) is 8.45. The van der Waals surface area contributed by atoms with Crippen LogP contribution in [-0.4, -0.2) is 41.9 Å². The van der Waals surface area contributed by atoms with Gasteiger partial charge in [-0.05, 0) is 36.9 Å². The summed E-state index contributed by atoms with van der Waals surface area (Å²) in [6.45, 7) is 1.61. The zero-order chi connectivity index (χ0) is 13.3. The summed E-state index contributed by atoms with van der Waals surface area (Å²) in [6.07, 6.45) is 3.04. The van der Waals surface area contributed by atoms with Crippen LogP contribution < -0.4 is 5.73 Å². The van der Waals surface area contributed by atoms with E-state index in [1.807, 2.05) is 0 Å². The largest absolute Gasteiger partial charge is 0.330 e. The van der Waals surface area contributed by atoms with E-state index in [1.165, 1.54) is 15.1 Å². The number of imidazole rings is 1. The number of rotatable bonds is 3. The van der Waals surface area contributed by atoms with Gasteiger partial charge < -0.3 is 10.3 Å². The third-order valence-electron chi connectivity index (χ3n) is 3.31. The molecule has 2 heterocycles. The molecule has 0 aliphatic carbocycles. The van der Waals surface area contributed by atoms with Gasteiger partial charge in [0.05, 0.1) is 0 Å². The SMILES string of the molecule is Cl.Cn1cc(S(=O)(=O)N2CCC(CN)CC2)nc1Cl. The fourth-order valence-corrected chi connectivity index (χ4v) is 3.70. The van der Waals surface area contributed by atoms with Crippen LogP contribution in [0.5, 0.6) is 0 Å². The molecule has 0 bridgehead atoms. The number of hydrogen-bond acceptors (Lipinski definition) is 4. The maximum absolute atomic E-state index is 12.3. The molecule has 6 nitrogen and oxygen atoms in total. The molecule has 0 saturated carbocycles. The number of aryl methyl sites for hydroxylation is 1. The van der Waals surface area contributed by atoms with Gasteiger partial charge in [-0.2, -0.15) is 4.31 Å². The molecule has 1 fully saturated rings. The topological polar surface area (TPSA) is 81.2 Å². The van der Waals surface area contributed by atoms with E-state index in [1.54, 1.807) is 7.05 Å². The van der Waals surface area contributed by atoms with Crippen LogP contribution in [0.4, 0.5) is 0 Å². The predicted molar refractivity (Wildman–Crippen MR) is 76.0 cm³/mol. The lowest BCUT2D eigenvalue weighted by Gasteiger charge is -2.29. The van der Waals surface area contributed by atoms with E-state index in [9.17, 15) is 8.42 Å². The zero-order valence-electron chi connectivity index (χ0n) is 10.6. The van der Waals surface area contributed by atoms with Crippen LogP contribution in [0.15, 0.2) is 11.2 Å². The van der Waals surface area contributed by atoms with E-state index in [-0.39, 0.29) is 22.7 Å². The zero-order valence-corrected chi connectivity index (χ0v) is 13.0. The number of piperidine rings is 1. The summed E-state index contributed by atoms with van der Waals surface area (Å²) in [4.78, 5) is 3.87. The molecule has 2 N–H and O–H groups in total. The first-order valence-corrected chi connectivity index (χ1v) is 7.66. The van der Waals surface area contributed by atoms with E-state index in [0.29, 0.717) is 25.6 Å². The molecule has 0 atom stereocenters. The first-order valence-electron chi connectivity index (χ1n) is 5.84. The van der Waals surface area contributed by atoms with E-state index < -0.39 is 10.0 Å². The van der Waals surface area contributed by atoms with Crippen molar-refractivity contribution < 1.29 is 8.42 Å². The van der Waals surface area contributed by atoms with Gasteiger partial charge in [0, 0.05) is 26.3 Å². The number of hydrogen-bond donors (Lipinski definition) is 1. The number of aromatic nitrogens is 2. The summed E-state index contributed by atoms with van der Waals surface area (Å²) >= 11 is 5.77. The highest BCUT2D eigenvalue weighted by Crippen LogP contribution is 2.23. The van der Waals surface area contributed by atoms with Gasteiger partial charge in [-0.1, -0.05) is 0 Å². The maximum atomic E-state index is 12.3. The Morgan fingerprint density at radius 3 is 2.47 bits per heavy atom. The average Bonchev–Trinajstić information content (AvgIpc) is 2.70. The van der Waals surface area contributed by atoms with Crippen molar-refractivity contribution >= 4 is 34.0 Å². The molecule has 0 unspecified atom stereocenters. The van der Waals surface area contributed by atoms with Gasteiger partial charge in [0.1, 0.15) is 0 Å². The Hall–Kier alpha value is -0.340. The highest BCUT2D eigenvalue weighted by atomic mass is 35.5. The highest BCUT2D eigenvalue weighted by Gasteiger charge is 2.31. The van der Waals surface area contributed by atoms with Gasteiger partial charge in [0.2, 0.25) is 5.28 Å². The molecule has 1 aromatic heterocycles. The first kappa shape index (κ1) is 16.7. The monoisotopic (exact) mass is 328 g/mol. The molecule has 1 saturated heterocycles. The van der Waals surface area contributed by atoms with Crippen LogP contribution >= 0.6 is 24.0 Å². The molecule has 1 aliphatic rings. The summed E-state index contributed by atoms with van der Waals surface area (Å²) in [6, 6.07) is 0. The summed E-state index contributed by atoms with van der Waals surface area (Å²) in [5, 5.41) is 0.187. The molecule has 110 valence electrons. The Morgan fingerprint density at radius 1 is 1.47 bits per heavy atom. The number of halogens is 2. The second kappa shape index (κ2) is 6.41. The minimum atomic E-state index is -3.52. The third kappa shape index (κ3) is 3.41. The second-order valence-electron chi connectivity index (χ2n) is 4.54. The quantitative estimate of drug-likeness (QED) is 0.892. The minimum absolute atomic E-state index is 0. The Kier molecular flexibility index (Phi) is 5.64. The molecule has 0 aromatic carbocycles. The van der Waals surface area contributed by atoms with Crippen molar-refractivity contribution in [2.24, 2.45) is 18.7 Å². The number of nitrogens with zero attached hydrogens (tertiary/aromatic N) is 3. The van der Waals surface area contributed by atoms with E-state index in [0.717, 1.165) is 12.8 Å². The van der Waals surface area contributed by atoms with Crippen LogP contribution in [-0.2, 0) is 17.1 Å². The molecular formula is C10H18Cl2N4O2S. The lowest BCUT2D eigenvalue weighted by Crippen LogP contribution is -2.40. The van der Waals surface area contributed by atoms with Crippen molar-refractivity contribution in [2.45, 2.75) is 17.9 Å². The van der Waals surface area contributed by atoms with Crippen molar-refractivity contribution in [1.29, 1.82) is 0 Å². The Morgan fingerprint density at radius 2 is 2.05 bits per heavy atom. The lowest BCUT2D eigenvalue weighted by molar-refractivity contribution is 0.278. The minimum Gasteiger partial charge on any atom is -0.330 e. The smallest absolute Gasteiger partial charge is 0.262 e. The summed E-state index contributed by atoms with van der Waals surface area (Å²) in [5.41, 5.74) is 5.59. The van der Waals surface area contributed by atoms with E-state index in [4.69, 9.17) is 17.3 Å². The van der Waals surface area contributed by atoms with Gasteiger partial charge in [-0.25, -0.2) is 13.4 Å². The van der Waals surface area contributed by atoms with Crippen molar-refractivity contribution in [3.05, 3.63) is 11.5 Å². The Labute approximate surface area is 124 Å². The van der Waals surface area contributed by atoms with Crippen LogP contribution in [0.3, 0.4) is 0 Å². The predicted octanol–water partition coefficient (Wildman–Crippen LogP) is 0.855. The second-order valence-corrected chi connectivity index (χ2v) is 6.77. The lowest BCUT2D eigenvalue weighted by atomic mass is 9.99. The average molecular weight is 329 g/mol. The van der Waals surface area contributed by atoms with Crippen molar-refractivity contribution in [3.8, 4) is 0 Å². The third-order valence-corrected chi connectivity index (χ3v) is 5.43. The van der Waals surface area contributed by atoms with Crippen LogP contribution in [0.1, 0.15) is 12.8 Å². The molecule has 2 rings (SSSR count). The van der Waals surface area contributed by atoms with Crippen molar-refractivity contribution in [2.75, 3.05) is 19.6 Å². The van der Waals surface area contributed by atoms with Crippen LogP contribution in [0, 0.1) is 5.92 Å². The molecule has 1 aliphatic heterocycles. The highest BCUT2D eigenvalue weighted by molar-refractivity contribution is 7.89. The Balaban J connectivity index is 0.00000180. The van der Waals surface area contributed by atoms with Crippen LogP contribution in [0.25, 0.3) is 0 Å². The fraction of sp³-hybridized carbons (Fsp3) is 0.700. The van der Waals surface area contributed by atoms with Gasteiger partial charge in [-0.15, -0.1) is 12.4 Å². The molecule has 0 amide bonds. The molecule has 9 heteroatoms. The molecule has 0 radical (unpaired) electrons. The summed E-state index contributed by atoms with van der Waals surface area (Å²) in [5.74, 6) is 0.420. The molecular weight excluding hydrogens is 311 g/mol. The number of sulfonamides is 1. The van der Waals surface area contributed by atoms with Gasteiger partial charge in [0.15, 0.2) is 5.03 Å². The van der Waals surface area contributed by atoms with Crippen LogP contribution in [0.2, 0.25) is 5.28 Å². The number of nitrogens with two attached hydrogens (primary N) is 1. The summed E-state index contributed by atoms with van der Waals surface area (Å²) < 4.78 is 27.6. The van der Waals surface area contributed by atoms with Gasteiger partial charge in [0.25, 0.3) is 10.0 Å². The maximum Gasteiger partial charge on any atom is 0.262 e. The normalized spacial score (nSPS) is 18.3. The molecule has 0 spiro atoms. The molecule has 1 aromatic rings. The van der Waals surface area contributed by atoms with Gasteiger partial charge in [-0.3, -0.25) is 0 Å². The standard InChI is InChI=1S/C10H17ClN4O2S.ClH/c1-14-7-9(13-10(14)11)18(16,17)15-4-2-8(6-12)3-5-15;/h7-8H,2-6,12H2,1H3;1H. The Bertz CT molecular complexity index is 504. The van der Waals surface area contributed by atoms with E-state index in [2.05, 4.69) is 4.98 Å². The molecule has 19 heavy (non-hydrogen) atoms. The van der Waals surface area contributed by atoms with E-state index >= 15 is 0 Å².